The van der Waals surface area contributed by atoms with Crippen molar-refractivity contribution in [3.05, 3.63) is 62.5 Å². The van der Waals surface area contributed by atoms with Crippen LogP contribution in [-0.2, 0) is 11.3 Å². The molecule has 0 atom stereocenters. The molecule has 3 aromatic rings. The van der Waals surface area contributed by atoms with E-state index >= 15 is 0 Å². The van der Waals surface area contributed by atoms with Gasteiger partial charge in [0, 0.05) is 4.88 Å². The summed E-state index contributed by atoms with van der Waals surface area (Å²) in [5, 5.41) is 9.89. The van der Waals surface area contributed by atoms with E-state index in [4.69, 9.17) is 16.0 Å². The fourth-order valence-corrected chi connectivity index (χ4v) is 4.11. The minimum Gasteiger partial charge on any atom is -0.419 e. The number of benzene rings is 1. The molecule has 9 heteroatoms. The van der Waals surface area contributed by atoms with Crippen molar-refractivity contribution in [2.75, 3.05) is 0 Å². The molecular weight excluding hydrogens is 394 g/mol. The van der Waals surface area contributed by atoms with Crippen LogP contribution in [-0.4, -0.2) is 26.2 Å². The number of rotatable bonds is 4. The molecule has 0 radical (unpaired) electrons. The standard InChI is InChI=1S/C17H10ClN3O3S2/c18-12-6-2-1-5-11(12)15-20-19-14(24-15)9-21-16(22)13(26-17(21)23)8-10-4-3-7-25-10/h1-8H,9H2/b13-8-. The molecule has 0 aliphatic carbocycles. The van der Waals surface area contributed by atoms with Crippen molar-refractivity contribution in [3.63, 3.8) is 0 Å². The van der Waals surface area contributed by atoms with Gasteiger partial charge in [-0.3, -0.25) is 14.5 Å². The molecule has 1 aliphatic rings. The molecule has 1 saturated heterocycles. The maximum absolute atomic E-state index is 12.5. The molecule has 2 amide bonds. The zero-order chi connectivity index (χ0) is 18.1. The van der Waals surface area contributed by atoms with Gasteiger partial charge in [-0.2, -0.15) is 0 Å². The zero-order valence-electron chi connectivity index (χ0n) is 13.1. The van der Waals surface area contributed by atoms with E-state index in [-0.39, 0.29) is 29.5 Å². The van der Waals surface area contributed by atoms with Gasteiger partial charge in [0.1, 0.15) is 6.54 Å². The Morgan fingerprint density at radius 1 is 1.15 bits per heavy atom. The van der Waals surface area contributed by atoms with Crippen LogP contribution in [0.3, 0.4) is 0 Å². The van der Waals surface area contributed by atoms with E-state index in [9.17, 15) is 9.59 Å². The van der Waals surface area contributed by atoms with Gasteiger partial charge in [0.15, 0.2) is 0 Å². The minimum absolute atomic E-state index is 0.0795. The Morgan fingerprint density at radius 2 is 2.00 bits per heavy atom. The summed E-state index contributed by atoms with van der Waals surface area (Å²) in [5.41, 5.74) is 0.597. The monoisotopic (exact) mass is 403 g/mol. The Bertz CT molecular complexity index is 1010. The highest BCUT2D eigenvalue weighted by Crippen LogP contribution is 2.34. The molecule has 0 bridgehead atoms. The van der Waals surface area contributed by atoms with Crippen molar-refractivity contribution in [3.8, 4) is 11.5 Å². The van der Waals surface area contributed by atoms with E-state index in [1.54, 1.807) is 30.3 Å². The summed E-state index contributed by atoms with van der Waals surface area (Å²) in [4.78, 5) is 27.0. The van der Waals surface area contributed by atoms with Gasteiger partial charge >= 0.3 is 0 Å². The van der Waals surface area contributed by atoms with Gasteiger partial charge in [-0.15, -0.1) is 21.5 Å². The molecule has 3 heterocycles. The van der Waals surface area contributed by atoms with Crippen LogP contribution in [0.4, 0.5) is 4.79 Å². The van der Waals surface area contributed by atoms with Crippen molar-refractivity contribution >= 4 is 51.9 Å². The number of hydrogen-bond donors (Lipinski definition) is 0. The molecule has 1 fully saturated rings. The summed E-state index contributed by atoms with van der Waals surface area (Å²) in [7, 11) is 0. The molecule has 0 spiro atoms. The molecule has 6 nitrogen and oxygen atoms in total. The zero-order valence-corrected chi connectivity index (χ0v) is 15.5. The first-order valence-electron chi connectivity index (χ1n) is 7.48. The summed E-state index contributed by atoms with van der Waals surface area (Å²) in [6, 6.07) is 10.8. The van der Waals surface area contributed by atoms with Crippen LogP contribution in [0.25, 0.3) is 17.5 Å². The molecule has 0 unspecified atom stereocenters. The lowest BCUT2D eigenvalue weighted by atomic mass is 10.2. The van der Waals surface area contributed by atoms with Gasteiger partial charge in [0.2, 0.25) is 11.8 Å². The van der Waals surface area contributed by atoms with Crippen LogP contribution < -0.4 is 0 Å². The average molecular weight is 404 g/mol. The van der Waals surface area contributed by atoms with E-state index in [0.717, 1.165) is 21.5 Å². The summed E-state index contributed by atoms with van der Waals surface area (Å²) >= 11 is 8.51. The Hall–Kier alpha value is -2.42. The Morgan fingerprint density at radius 3 is 2.77 bits per heavy atom. The number of carbonyl (C=O) groups is 2. The van der Waals surface area contributed by atoms with E-state index in [1.165, 1.54) is 11.3 Å². The van der Waals surface area contributed by atoms with Crippen LogP contribution in [0.5, 0.6) is 0 Å². The molecule has 4 rings (SSSR count). The van der Waals surface area contributed by atoms with Crippen molar-refractivity contribution in [2.45, 2.75) is 6.54 Å². The maximum Gasteiger partial charge on any atom is 0.294 e. The summed E-state index contributed by atoms with van der Waals surface area (Å²) in [6.45, 7) is -0.0795. The molecule has 1 aliphatic heterocycles. The fraction of sp³-hybridized carbons (Fsp3) is 0.0588. The third-order valence-corrected chi connectivity index (χ3v) is 5.61. The van der Waals surface area contributed by atoms with Crippen molar-refractivity contribution < 1.29 is 14.0 Å². The highest BCUT2D eigenvalue weighted by molar-refractivity contribution is 8.18. The van der Waals surface area contributed by atoms with E-state index < -0.39 is 0 Å². The largest absolute Gasteiger partial charge is 0.419 e. The summed E-state index contributed by atoms with van der Waals surface area (Å²) in [5.74, 6) is 0.0391. The van der Waals surface area contributed by atoms with E-state index in [1.807, 2.05) is 17.5 Å². The Labute approximate surface area is 161 Å². The second-order valence-corrected chi connectivity index (χ2v) is 7.64. The fourth-order valence-electron chi connectivity index (χ4n) is 2.34. The van der Waals surface area contributed by atoms with Crippen LogP contribution >= 0.6 is 34.7 Å². The highest BCUT2D eigenvalue weighted by Gasteiger charge is 2.36. The molecule has 0 saturated carbocycles. The lowest BCUT2D eigenvalue weighted by Crippen LogP contribution is -2.27. The lowest BCUT2D eigenvalue weighted by molar-refractivity contribution is -0.123. The Balaban J connectivity index is 1.54. The number of imide groups is 1. The van der Waals surface area contributed by atoms with Gasteiger partial charge < -0.3 is 4.42 Å². The minimum atomic E-state index is -0.370. The van der Waals surface area contributed by atoms with Crippen molar-refractivity contribution in [1.29, 1.82) is 0 Å². The number of aromatic nitrogens is 2. The first kappa shape index (κ1) is 17.0. The molecule has 130 valence electrons. The van der Waals surface area contributed by atoms with E-state index in [0.29, 0.717) is 15.5 Å². The number of halogens is 1. The topological polar surface area (TPSA) is 76.3 Å². The molecule has 26 heavy (non-hydrogen) atoms. The second kappa shape index (κ2) is 7.06. The quantitative estimate of drug-likeness (QED) is 0.588. The molecule has 2 aromatic heterocycles. The smallest absolute Gasteiger partial charge is 0.294 e. The molecular formula is C17H10ClN3O3S2. The maximum atomic E-state index is 12.5. The number of thiophene rings is 1. The van der Waals surface area contributed by atoms with Crippen LogP contribution in [0.15, 0.2) is 51.1 Å². The second-order valence-electron chi connectivity index (χ2n) is 5.26. The highest BCUT2D eigenvalue weighted by atomic mass is 35.5. The predicted octanol–water partition coefficient (Wildman–Crippen LogP) is 4.69. The number of thioether (sulfide) groups is 1. The first-order chi connectivity index (χ1) is 12.6. The predicted molar refractivity (Wildman–Crippen MR) is 101 cm³/mol. The van der Waals surface area contributed by atoms with Gasteiger partial charge in [-0.1, -0.05) is 29.8 Å². The number of hydrogen-bond acceptors (Lipinski definition) is 7. The SMILES string of the molecule is O=C1S/C(=C\c2cccs2)C(=O)N1Cc1nnc(-c2ccccc2Cl)o1. The van der Waals surface area contributed by atoms with Gasteiger partial charge in [-0.05, 0) is 41.4 Å². The van der Waals surface area contributed by atoms with Crippen molar-refractivity contribution in [1.82, 2.24) is 15.1 Å². The third-order valence-electron chi connectivity index (χ3n) is 3.55. The first-order valence-corrected chi connectivity index (χ1v) is 9.55. The van der Waals surface area contributed by atoms with Crippen LogP contribution in [0, 0.1) is 0 Å². The van der Waals surface area contributed by atoms with Gasteiger partial charge in [0.05, 0.1) is 15.5 Å². The van der Waals surface area contributed by atoms with Crippen LogP contribution in [0.2, 0.25) is 5.02 Å². The average Bonchev–Trinajstić information content (AvgIpc) is 3.35. The van der Waals surface area contributed by atoms with Gasteiger partial charge in [-0.25, -0.2) is 0 Å². The number of nitrogens with zero attached hydrogens (tertiary/aromatic N) is 3. The number of amides is 2. The van der Waals surface area contributed by atoms with Crippen molar-refractivity contribution in [2.24, 2.45) is 0 Å². The lowest BCUT2D eigenvalue weighted by Gasteiger charge is -2.08. The van der Waals surface area contributed by atoms with Crippen LogP contribution in [0.1, 0.15) is 10.8 Å². The number of carbonyl (C=O) groups excluding carboxylic acids is 2. The molecule has 0 N–H and O–H groups in total. The van der Waals surface area contributed by atoms with E-state index in [2.05, 4.69) is 10.2 Å². The van der Waals surface area contributed by atoms with Gasteiger partial charge in [0.25, 0.3) is 11.1 Å². The third kappa shape index (κ3) is 3.31. The normalized spacial score (nSPS) is 16.0. The Kier molecular flexibility index (Phi) is 4.62. The summed E-state index contributed by atoms with van der Waals surface area (Å²) < 4.78 is 5.57. The summed E-state index contributed by atoms with van der Waals surface area (Å²) in [6.07, 6.45) is 1.71. The molecule has 1 aromatic carbocycles.